The molecule has 0 saturated heterocycles. The van der Waals surface area contributed by atoms with Crippen molar-refractivity contribution >= 4 is 5.78 Å². The Morgan fingerprint density at radius 2 is 1.77 bits per heavy atom. The van der Waals surface area contributed by atoms with E-state index in [4.69, 9.17) is 5.10 Å². The Bertz CT molecular complexity index is 1050. The summed E-state index contributed by atoms with van der Waals surface area (Å²) in [6, 6.07) is 8.77. The number of hydrogen-bond donors (Lipinski definition) is 0. The number of benzene rings is 1. The number of hydrogen-bond acceptors (Lipinski definition) is 2. The molecule has 4 aliphatic carbocycles. The molecule has 31 heavy (non-hydrogen) atoms. The number of ketones is 1. The van der Waals surface area contributed by atoms with E-state index in [0.29, 0.717) is 17.1 Å². The zero-order chi connectivity index (χ0) is 21.5. The smallest absolute Gasteiger partial charge is 0.139 e. The second-order valence-electron chi connectivity index (χ2n) is 11.7. The summed E-state index contributed by atoms with van der Waals surface area (Å²) in [5.41, 5.74) is 6.99. The Labute approximate surface area is 186 Å². The summed E-state index contributed by atoms with van der Waals surface area (Å²) in [7, 11) is 0. The fourth-order valence-corrected chi connectivity index (χ4v) is 8.45. The monoisotopic (exact) mass is 416 g/mol. The quantitative estimate of drug-likeness (QED) is 0.570. The van der Waals surface area contributed by atoms with E-state index in [2.05, 4.69) is 56.6 Å². The van der Waals surface area contributed by atoms with Crippen molar-refractivity contribution in [3.63, 3.8) is 0 Å². The number of aryl methyl sites for hydroxylation is 1. The van der Waals surface area contributed by atoms with E-state index in [1.165, 1.54) is 53.9 Å². The van der Waals surface area contributed by atoms with Crippen LogP contribution >= 0.6 is 0 Å². The van der Waals surface area contributed by atoms with Gasteiger partial charge in [0.25, 0.3) is 0 Å². The topological polar surface area (TPSA) is 34.9 Å². The molecule has 6 rings (SSSR count). The van der Waals surface area contributed by atoms with Crippen LogP contribution in [0, 0.1) is 48.3 Å². The van der Waals surface area contributed by atoms with Crippen LogP contribution in [0.2, 0.25) is 0 Å². The first-order chi connectivity index (χ1) is 14.8. The highest BCUT2D eigenvalue weighted by Gasteiger charge is 2.60. The number of rotatable bonds is 1. The van der Waals surface area contributed by atoms with Crippen molar-refractivity contribution in [1.82, 2.24) is 9.78 Å². The Hall–Kier alpha value is -1.90. The van der Waals surface area contributed by atoms with Gasteiger partial charge in [-0.25, -0.2) is 4.68 Å². The van der Waals surface area contributed by atoms with Crippen LogP contribution in [-0.4, -0.2) is 15.6 Å². The third-order valence-corrected chi connectivity index (χ3v) is 10.4. The van der Waals surface area contributed by atoms with Gasteiger partial charge in [-0.3, -0.25) is 4.79 Å². The van der Waals surface area contributed by atoms with Gasteiger partial charge in [0.2, 0.25) is 0 Å². The molecule has 0 spiro atoms. The first-order valence-electron chi connectivity index (χ1n) is 12.5. The van der Waals surface area contributed by atoms with E-state index in [1.54, 1.807) is 0 Å². The number of Topliss-reactive ketones (excluding diaryl/α,β-unsaturated/α-hetero) is 1. The lowest BCUT2D eigenvalue weighted by Gasteiger charge is -2.59. The van der Waals surface area contributed by atoms with Gasteiger partial charge in [0.1, 0.15) is 5.78 Å². The van der Waals surface area contributed by atoms with Crippen molar-refractivity contribution in [2.45, 2.75) is 79.1 Å². The van der Waals surface area contributed by atoms with E-state index < -0.39 is 0 Å². The van der Waals surface area contributed by atoms with Gasteiger partial charge in [0.15, 0.2) is 0 Å². The number of carbonyl (C=O) groups is 1. The van der Waals surface area contributed by atoms with Gasteiger partial charge in [-0.15, -0.1) is 0 Å². The molecule has 0 amide bonds. The van der Waals surface area contributed by atoms with Gasteiger partial charge in [0, 0.05) is 17.5 Å². The summed E-state index contributed by atoms with van der Waals surface area (Å²) in [5.74, 6) is 3.45. The van der Waals surface area contributed by atoms with Crippen LogP contribution in [0.4, 0.5) is 0 Å². The van der Waals surface area contributed by atoms with Crippen LogP contribution in [0.5, 0.6) is 0 Å². The maximum Gasteiger partial charge on any atom is 0.139 e. The van der Waals surface area contributed by atoms with E-state index in [9.17, 15) is 4.79 Å². The normalized spacial score (nSPS) is 38.9. The molecule has 164 valence electrons. The maximum absolute atomic E-state index is 12.7. The number of carbonyl (C=O) groups excluding carboxylic acids is 1. The largest absolute Gasteiger partial charge is 0.299 e. The van der Waals surface area contributed by atoms with Crippen LogP contribution in [-0.2, 0) is 17.6 Å². The zero-order valence-corrected chi connectivity index (χ0v) is 19.6. The highest BCUT2D eigenvalue weighted by molar-refractivity contribution is 5.87. The van der Waals surface area contributed by atoms with Crippen LogP contribution < -0.4 is 0 Å². The maximum atomic E-state index is 12.7. The fourth-order valence-electron chi connectivity index (χ4n) is 8.45. The molecule has 2 aromatic rings. The summed E-state index contributed by atoms with van der Waals surface area (Å²) >= 11 is 0. The standard InChI is InChI=1S/C28H36N2O/c1-17-5-8-20(9-6-17)30-18(2)22-16-28(4)19(15-25(22)29-30)7-10-21-23-11-12-26(31)27(23,3)14-13-24(21)28/h5-6,8-9,19,21,23-24H,7,10-16H2,1-4H3/t19-,21-,23-,24-,27-,28-/m0/s1. The first kappa shape index (κ1) is 19.8. The molecule has 6 atom stereocenters. The molecule has 3 heteroatoms. The second kappa shape index (κ2) is 6.56. The Morgan fingerprint density at radius 1 is 1.00 bits per heavy atom. The van der Waals surface area contributed by atoms with Gasteiger partial charge in [-0.1, -0.05) is 31.5 Å². The summed E-state index contributed by atoms with van der Waals surface area (Å²) in [6.07, 6.45) is 9.29. The van der Waals surface area contributed by atoms with Crippen LogP contribution in [0.1, 0.15) is 74.9 Å². The minimum Gasteiger partial charge on any atom is -0.299 e. The second-order valence-corrected chi connectivity index (χ2v) is 11.7. The molecule has 0 aliphatic heterocycles. The molecule has 0 unspecified atom stereocenters. The summed E-state index contributed by atoms with van der Waals surface area (Å²) < 4.78 is 2.19. The van der Waals surface area contributed by atoms with Gasteiger partial charge >= 0.3 is 0 Å². The lowest BCUT2D eigenvalue weighted by Crippen LogP contribution is -2.54. The van der Waals surface area contributed by atoms with Crippen LogP contribution in [0.3, 0.4) is 0 Å². The third-order valence-electron chi connectivity index (χ3n) is 10.4. The van der Waals surface area contributed by atoms with Crippen molar-refractivity contribution in [3.8, 4) is 5.69 Å². The SMILES string of the molecule is Cc1ccc(-n2nc3c(c2C)C[C@@]2(C)[C@@H](CC[C@@H]4[C@@H]2CC[C@]2(C)C(=O)CC[C@@H]42)C3)cc1. The van der Waals surface area contributed by atoms with Crippen molar-refractivity contribution in [2.75, 3.05) is 0 Å². The summed E-state index contributed by atoms with van der Waals surface area (Å²) in [4.78, 5) is 12.7. The predicted octanol–water partition coefficient (Wildman–Crippen LogP) is 6.02. The van der Waals surface area contributed by atoms with Crippen molar-refractivity contribution in [1.29, 1.82) is 0 Å². The summed E-state index contributed by atoms with van der Waals surface area (Å²) in [5, 5.41) is 5.12. The van der Waals surface area contributed by atoms with E-state index in [-0.39, 0.29) is 5.41 Å². The minimum absolute atomic E-state index is 0.0174. The lowest BCUT2D eigenvalue weighted by molar-refractivity contribution is -0.136. The molecule has 0 N–H and O–H groups in total. The molecule has 3 fully saturated rings. The van der Waals surface area contributed by atoms with E-state index in [0.717, 1.165) is 43.4 Å². The average molecular weight is 417 g/mol. The van der Waals surface area contributed by atoms with Crippen molar-refractivity contribution in [2.24, 2.45) is 34.5 Å². The molecular formula is C28H36N2O. The van der Waals surface area contributed by atoms with Crippen LogP contribution in [0.25, 0.3) is 5.69 Å². The van der Waals surface area contributed by atoms with Crippen molar-refractivity contribution < 1.29 is 4.79 Å². The molecule has 1 aromatic heterocycles. The highest BCUT2D eigenvalue weighted by atomic mass is 16.1. The van der Waals surface area contributed by atoms with Gasteiger partial charge in [-0.2, -0.15) is 5.10 Å². The molecule has 1 heterocycles. The molecule has 3 saturated carbocycles. The zero-order valence-electron chi connectivity index (χ0n) is 19.6. The molecule has 3 nitrogen and oxygen atoms in total. The van der Waals surface area contributed by atoms with E-state index in [1.807, 2.05) is 0 Å². The minimum atomic E-state index is -0.0174. The van der Waals surface area contributed by atoms with Gasteiger partial charge < -0.3 is 0 Å². The van der Waals surface area contributed by atoms with Crippen molar-refractivity contribution in [3.05, 3.63) is 46.8 Å². The molecule has 0 bridgehead atoms. The Morgan fingerprint density at radius 3 is 2.55 bits per heavy atom. The lowest BCUT2D eigenvalue weighted by atomic mass is 9.45. The fraction of sp³-hybridized carbons (Fsp3) is 0.643. The number of fused-ring (bicyclic) bond motifs is 6. The Kier molecular flexibility index (Phi) is 4.18. The summed E-state index contributed by atoms with van der Waals surface area (Å²) in [6.45, 7) is 9.30. The predicted molar refractivity (Wildman–Crippen MR) is 123 cm³/mol. The molecular weight excluding hydrogens is 380 g/mol. The molecule has 0 radical (unpaired) electrons. The Balaban J connectivity index is 1.36. The molecule has 4 aliphatic rings. The third kappa shape index (κ3) is 2.64. The number of nitrogens with zero attached hydrogens (tertiary/aromatic N) is 2. The van der Waals surface area contributed by atoms with Crippen LogP contribution in [0.15, 0.2) is 24.3 Å². The average Bonchev–Trinajstić information content (AvgIpc) is 3.23. The van der Waals surface area contributed by atoms with E-state index >= 15 is 0 Å². The van der Waals surface area contributed by atoms with Gasteiger partial charge in [-0.05, 0) is 106 Å². The van der Waals surface area contributed by atoms with Gasteiger partial charge in [0.05, 0.1) is 11.4 Å². The first-order valence-corrected chi connectivity index (χ1v) is 12.5. The highest BCUT2D eigenvalue weighted by Crippen LogP contribution is 2.64. The molecule has 1 aromatic carbocycles. The number of aromatic nitrogens is 2.